The van der Waals surface area contributed by atoms with Crippen molar-refractivity contribution in [3.8, 4) is 0 Å². The summed E-state index contributed by atoms with van der Waals surface area (Å²) in [6, 6.07) is 5.61. The third-order valence-electron chi connectivity index (χ3n) is 7.36. The second kappa shape index (κ2) is 7.76. The van der Waals surface area contributed by atoms with Crippen LogP contribution in [-0.2, 0) is 4.79 Å². The number of nitro groups is 1. The van der Waals surface area contributed by atoms with Crippen LogP contribution >= 0.6 is 0 Å². The SMILES string of the molecule is C[C@@H](NC(=O)CCNC(=O)c1ccc([N+](=O)[O-])cc1)C12CC3CC(CC(C3)C1)C2. The lowest BCUT2D eigenvalue weighted by molar-refractivity contribution is -0.384. The summed E-state index contributed by atoms with van der Waals surface area (Å²) >= 11 is 0. The number of rotatable bonds is 7. The van der Waals surface area contributed by atoms with Crippen molar-refractivity contribution in [2.75, 3.05) is 6.54 Å². The van der Waals surface area contributed by atoms with Crippen LogP contribution in [0, 0.1) is 33.3 Å². The molecule has 0 spiro atoms. The summed E-state index contributed by atoms with van der Waals surface area (Å²) in [6.07, 6.45) is 8.12. The third-order valence-corrected chi connectivity index (χ3v) is 7.36. The molecule has 7 heteroatoms. The average molecular weight is 399 g/mol. The molecule has 1 aromatic rings. The number of nitrogens with zero attached hydrogens (tertiary/aromatic N) is 1. The lowest BCUT2D eigenvalue weighted by Crippen LogP contribution is -2.56. The van der Waals surface area contributed by atoms with Crippen molar-refractivity contribution in [2.24, 2.45) is 23.2 Å². The zero-order valence-corrected chi connectivity index (χ0v) is 16.9. The minimum absolute atomic E-state index is 0.0303. The van der Waals surface area contributed by atoms with Crippen LogP contribution in [0.2, 0.25) is 0 Å². The maximum Gasteiger partial charge on any atom is 0.269 e. The summed E-state index contributed by atoms with van der Waals surface area (Å²) in [7, 11) is 0. The van der Waals surface area contributed by atoms with Gasteiger partial charge in [-0.05, 0) is 80.8 Å². The molecule has 2 amide bonds. The molecule has 0 aliphatic heterocycles. The van der Waals surface area contributed by atoms with Gasteiger partial charge in [0.15, 0.2) is 0 Å². The number of carbonyl (C=O) groups excluding carboxylic acids is 2. The van der Waals surface area contributed by atoms with E-state index in [9.17, 15) is 19.7 Å². The highest BCUT2D eigenvalue weighted by molar-refractivity contribution is 5.94. The molecule has 7 nitrogen and oxygen atoms in total. The van der Waals surface area contributed by atoms with Crippen LogP contribution in [0.5, 0.6) is 0 Å². The first-order chi connectivity index (χ1) is 13.8. The Morgan fingerprint density at radius 3 is 2.17 bits per heavy atom. The molecule has 4 fully saturated rings. The number of nitro benzene ring substituents is 1. The molecule has 4 aliphatic carbocycles. The quantitative estimate of drug-likeness (QED) is 0.542. The first-order valence-corrected chi connectivity index (χ1v) is 10.7. The van der Waals surface area contributed by atoms with Crippen molar-refractivity contribution in [3.63, 3.8) is 0 Å². The van der Waals surface area contributed by atoms with Crippen molar-refractivity contribution >= 4 is 17.5 Å². The molecule has 2 N–H and O–H groups in total. The van der Waals surface area contributed by atoms with Crippen molar-refractivity contribution in [1.82, 2.24) is 10.6 Å². The fourth-order valence-electron chi connectivity index (χ4n) is 6.30. The summed E-state index contributed by atoms with van der Waals surface area (Å²) in [6.45, 7) is 2.40. The smallest absolute Gasteiger partial charge is 0.269 e. The molecule has 0 aromatic heterocycles. The lowest BCUT2D eigenvalue weighted by atomic mass is 9.48. The largest absolute Gasteiger partial charge is 0.353 e. The molecular formula is C22H29N3O4. The second-order valence-electron chi connectivity index (χ2n) is 9.38. The number of amides is 2. The molecule has 1 aromatic carbocycles. The number of benzene rings is 1. The van der Waals surface area contributed by atoms with Crippen LogP contribution in [0.3, 0.4) is 0 Å². The van der Waals surface area contributed by atoms with Crippen LogP contribution in [0.1, 0.15) is 62.2 Å². The molecule has 4 saturated carbocycles. The van der Waals surface area contributed by atoms with Gasteiger partial charge in [-0.15, -0.1) is 0 Å². The number of non-ortho nitro benzene ring substituents is 1. The number of hydrogen-bond acceptors (Lipinski definition) is 4. The van der Waals surface area contributed by atoms with Gasteiger partial charge in [-0.2, -0.15) is 0 Å². The zero-order valence-electron chi connectivity index (χ0n) is 16.9. The zero-order chi connectivity index (χ0) is 20.6. The van der Waals surface area contributed by atoms with E-state index >= 15 is 0 Å². The Morgan fingerprint density at radius 1 is 1.10 bits per heavy atom. The molecule has 4 aliphatic rings. The third kappa shape index (κ3) is 4.14. The predicted octanol–water partition coefficient (Wildman–Crippen LogP) is 3.44. The highest BCUT2D eigenvalue weighted by Crippen LogP contribution is 2.61. The second-order valence-corrected chi connectivity index (χ2v) is 9.38. The van der Waals surface area contributed by atoms with Crippen molar-refractivity contribution in [2.45, 2.75) is 57.9 Å². The van der Waals surface area contributed by atoms with E-state index in [1.54, 1.807) is 0 Å². The van der Waals surface area contributed by atoms with Gasteiger partial charge in [0.25, 0.3) is 11.6 Å². The van der Waals surface area contributed by atoms with Gasteiger partial charge >= 0.3 is 0 Å². The molecule has 1 atom stereocenters. The Morgan fingerprint density at radius 2 is 1.66 bits per heavy atom. The van der Waals surface area contributed by atoms with Crippen molar-refractivity contribution in [3.05, 3.63) is 39.9 Å². The van der Waals surface area contributed by atoms with E-state index in [1.807, 2.05) is 0 Å². The predicted molar refractivity (Wildman–Crippen MR) is 108 cm³/mol. The van der Waals surface area contributed by atoms with Gasteiger partial charge in [0.05, 0.1) is 4.92 Å². The lowest BCUT2D eigenvalue weighted by Gasteiger charge is -2.59. The van der Waals surface area contributed by atoms with Gasteiger partial charge in [0.2, 0.25) is 5.91 Å². The number of carbonyl (C=O) groups is 2. The van der Waals surface area contributed by atoms with E-state index in [4.69, 9.17) is 0 Å². The Bertz CT molecular complexity index is 769. The molecule has 156 valence electrons. The standard InChI is InChI=1S/C22H29N3O4/c1-14(22-11-15-8-16(12-22)10-17(9-15)13-22)24-20(26)6-7-23-21(27)18-2-4-19(5-3-18)25(28)29/h2-5,14-17H,6-13H2,1H3,(H,23,27)(H,24,26)/t14-,15?,16?,17?,22?/m1/s1. The van der Waals surface area contributed by atoms with E-state index in [0.29, 0.717) is 5.56 Å². The fraction of sp³-hybridized carbons (Fsp3) is 0.636. The van der Waals surface area contributed by atoms with E-state index in [1.165, 1.54) is 62.8 Å². The molecule has 5 rings (SSSR count). The maximum atomic E-state index is 12.4. The average Bonchev–Trinajstić information content (AvgIpc) is 2.67. The van der Waals surface area contributed by atoms with Crippen LogP contribution < -0.4 is 10.6 Å². The summed E-state index contributed by atoms with van der Waals surface area (Å²) < 4.78 is 0. The number of hydrogen-bond donors (Lipinski definition) is 2. The van der Waals surface area contributed by atoms with Gasteiger partial charge in [0.1, 0.15) is 0 Å². The molecule has 29 heavy (non-hydrogen) atoms. The van der Waals surface area contributed by atoms with E-state index in [2.05, 4.69) is 17.6 Å². The van der Waals surface area contributed by atoms with Crippen molar-refractivity contribution < 1.29 is 14.5 Å². The van der Waals surface area contributed by atoms with Crippen LogP contribution in [0.15, 0.2) is 24.3 Å². The van der Waals surface area contributed by atoms with Crippen LogP contribution in [-0.4, -0.2) is 29.3 Å². The Kier molecular flexibility index (Phi) is 5.32. The highest BCUT2D eigenvalue weighted by Gasteiger charge is 2.53. The maximum absolute atomic E-state index is 12.4. The summed E-state index contributed by atoms with van der Waals surface area (Å²) in [5.74, 6) is 2.18. The van der Waals surface area contributed by atoms with Crippen LogP contribution in [0.4, 0.5) is 5.69 Å². The molecule has 4 bridgehead atoms. The molecule has 0 saturated heterocycles. The van der Waals surface area contributed by atoms with Crippen LogP contribution in [0.25, 0.3) is 0 Å². The first-order valence-electron chi connectivity index (χ1n) is 10.7. The summed E-state index contributed by atoms with van der Waals surface area (Å²) in [4.78, 5) is 34.8. The topological polar surface area (TPSA) is 101 Å². The van der Waals surface area contributed by atoms with Gasteiger partial charge in [-0.25, -0.2) is 0 Å². The van der Waals surface area contributed by atoms with E-state index in [0.717, 1.165) is 17.8 Å². The fourth-order valence-corrected chi connectivity index (χ4v) is 6.30. The minimum atomic E-state index is -0.503. The monoisotopic (exact) mass is 399 g/mol. The normalized spacial score (nSPS) is 30.6. The minimum Gasteiger partial charge on any atom is -0.353 e. The Hall–Kier alpha value is -2.44. The van der Waals surface area contributed by atoms with Gasteiger partial charge < -0.3 is 10.6 Å². The van der Waals surface area contributed by atoms with Gasteiger partial charge in [0, 0.05) is 36.7 Å². The summed E-state index contributed by atoms with van der Waals surface area (Å²) in [5, 5.41) is 16.6. The van der Waals surface area contributed by atoms with E-state index in [-0.39, 0.29) is 41.9 Å². The first kappa shape index (κ1) is 19.9. The molecule has 0 radical (unpaired) electrons. The highest BCUT2D eigenvalue weighted by atomic mass is 16.6. The Balaban J connectivity index is 1.24. The summed E-state index contributed by atoms with van der Waals surface area (Å²) in [5.41, 5.74) is 0.560. The van der Waals surface area contributed by atoms with Crippen molar-refractivity contribution in [1.29, 1.82) is 0 Å². The van der Waals surface area contributed by atoms with E-state index < -0.39 is 4.92 Å². The van der Waals surface area contributed by atoms with Gasteiger partial charge in [-0.3, -0.25) is 19.7 Å². The molecular weight excluding hydrogens is 370 g/mol. The molecule has 0 unspecified atom stereocenters. The Labute approximate surface area is 170 Å². The molecule has 0 heterocycles. The number of nitrogens with one attached hydrogen (secondary N) is 2. The van der Waals surface area contributed by atoms with Gasteiger partial charge in [-0.1, -0.05) is 0 Å².